The molecule has 4 heteroatoms. The van der Waals surface area contributed by atoms with Gasteiger partial charge in [0.2, 0.25) is 0 Å². The number of hydrogen-bond donors (Lipinski definition) is 0. The number of alkyl halides is 1. The van der Waals surface area contributed by atoms with Crippen LogP contribution in [0, 0.1) is 0 Å². The molecular formula is C10H11BrClNO. The van der Waals surface area contributed by atoms with Gasteiger partial charge in [-0.05, 0) is 12.5 Å². The summed E-state index contributed by atoms with van der Waals surface area (Å²) < 4.78 is 0. The van der Waals surface area contributed by atoms with Crippen molar-refractivity contribution in [2.45, 2.75) is 25.1 Å². The number of halogens is 2. The number of carbonyl (C=O) groups excluding carboxylic acids is 1. The van der Waals surface area contributed by atoms with E-state index < -0.39 is 0 Å². The Morgan fingerprint density at radius 1 is 1.64 bits per heavy atom. The molecule has 14 heavy (non-hydrogen) atoms. The van der Waals surface area contributed by atoms with E-state index in [0.717, 1.165) is 12.1 Å². The molecule has 0 N–H and O–H groups in total. The van der Waals surface area contributed by atoms with E-state index in [4.69, 9.17) is 11.6 Å². The molecular weight excluding hydrogens is 265 g/mol. The highest BCUT2D eigenvalue weighted by Crippen LogP contribution is 2.17. The Morgan fingerprint density at radius 2 is 2.36 bits per heavy atom. The van der Waals surface area contributed by atoms with Crippen molar-refractivity contribution in [3.8, 4) is 0 Å². The summed E-state index contributed by atoms with van der Waals surface area (Å²) in [5.41, 5.74) is 1.39. The number of hydrogen-bond acceptors (Lipinski definition) is 2. The van der Waals surface area contributed by atoms with Gasteiger partial charge < -0.3 is 0 Å². The number of aromatic nitrogens is 1. The highest BCUT2D eigenvalue weighted by atomic mass is 79.9. The van der Waals surface area contributed by atoms with E-state index in [9.17, 15) is 4.79 Å². The van der Waals surface area contributed by atoms with Crippen molar-refractivity contribution in [3.63, 3.8) is 0 Å². The van der Waals surface area contributed by atoms with Gasteiger partial charge in [-0.1, -0.05) is 34.5 Å². The fourth-order valence-electron chi connectivity index (χ4n) is 1.18. The molecule has 0 fully saturated rings. The predicted molar refractivity (Wildman–Crippen MR) is 61.1 cm³/mol. The van der Waals surface area contributed by atoms with Crippen molar-refractivity contribution < 1.29 is 4.79 Å². The third kappa shape index (κ3) is 2.79. The van der Waals surface area contributed by atoms with Crippen LogP contribution in [-0.2, 0) is 5.33 Å². The number of Topliss-reactive ketones (excluding diaryl/α,β-unsaturated/α-hetero) is 1. The molecule has 0 amide bonds. The second-order valence-electron chi connectivity index (χ2n) is 2.95. The maximum Gasteiger partial charge on any atom is 0.164 e. The van der Waals surface area contributed by atoms with E-state index in [0.29, 0.717) is 22.3 Å². The van der Waals surface area contributed by atoms with Gasteiger partial charge in [-0.15, -0.1) is 0 Å². The summed E-state index contributed by atoms with van der Waals surface area (Å²) in [6, 6.07) is 1.68. The molecule has 0 aromatic carbocycles. The fourth-order valence-corrected chi connectivity index (χ4v) is 1.78. The molecule has 1 rings (SSSR count). The van der Waals surface area contributed by atoms with Gasteiger partial charge in [0.15, 0.2) is 5.78 Å². The highest BCUT2D eigenvalue weighted by molar-refractivity contribution is 9.08. The van der Waals surface area contributed by atoms with Gasteiger partial charge in [-0.3, -0.25) is 9.78 Å². The van der Waals surface area contributed by atoms with Gasteiger partial charge in [-0.25, -0.2) is 0 Å². The smallest absolute Gasteiger partial charge is 0.164 e. The van der Waals surface area contributed by atoms with Crippen LogP contribution in [0.4, 0.5) is 0 Å². The number of rotatable bonds is 4. The SMILES string of the molecule is CCCC(=O)c1cc(Cl)cnc1CBr. The lowest BCUT2D eigenvalue weighted by Crippen LogP contribution is -2.04. The van der Waals surface area contributed by atoms with Crippen LogP contribution < -0.4 is 0 Å². The van der Waals surface area contributed by atoms with Crippen LogP contribution in [0.2, 0.25) is 5.02 Å². The van der Waals surface area contributed by atoms with Gasteiger partial charge in [-0.2, -0.15) is 0 Å². The largest absolute Gasteiger partial charge is 0.294 e. The van der Waals surface area contributed by atoms with Crippen molar-refractivity contribution in [1.82, 2.24) is 4.98 Å². The van der Waals surface area contributed by atoms with E-state index >= 15 is 0 Å². The second-order valence-corrected chi connectivity index (χ2v) is 3.95. The number of carbonyl (C=O) groups is 1. The molecule has 1 aromatic rings. The monoisotopic (exact) mass is 275 g/mol. The molecule has 76 valence electrons. The molecule has 0 unspecified atom stereocenters. The fraction of sp³-hybridized carbons (Fsp3) is 0.400. The lowest BCUT2D eigenvalue weighted by molar-refractivity contribution is 0.0980. The van der Waals surface area contributed by atoms with Crippen LogP contribution in [0.5, 0.6) is 0 Å². The van der Waals surface area contributed by atoms with Gasteiger partial charge in [0, 0.05) is 23.5 Å². The Labute approximate surface area is 96.8 Å². The van der Waals surface area contributed by atoms with Gasteiger partial charge in [0.1, 0.15) is 0 Å². The number of pyridine rings is 1. The average Bonchev–Trinajstić information content (AvgIpc) is 2.18. The van der Waals surface area contributed by atoms with E-state index in [2.05, 4.69) is 20.9 Å². The van der Waals surface area contributed by atoms with Gasteiger partial charge >= 0.3 is 0 Å². The van der Waals surface area contributed by atoms with Crippen molar-refractivity contribution in [2.75, 3.05) is 0 Å². The summed E-state index contributed by atoms with van der Waals surface area (Å²) in [7, 11) is 0. The molecule has 0 aliphatic heterocycles. The molecule has 0 atom stereocenters. The van der Waals surface area contributed by atoms with Crippen LogP contribution in [0.25, 0.3) is 0 Å². The Balaban J connectivity index is 3.03. The summed E-state index contributed by atoms with van der Waals surface area (Å²) in [6.45, 7) is 1.98. The lowest BCUT2D eigenvalue weighted by atomic mass is 10.1. The molecule has 0 aliphatic carbocycles. The maximum absolute atomic E-state index is 11.7. The Morgan fingerprint density at radius 3 is 2.93 bits per heavy atom. The normalized spacial score (nSPS) is 10.2. The quantitative estimate of drug-likeness (QED) is 0.621. The van der Waals surface area contributed by atoms with Crippen LogP contribution in [-0.4, -0.2) is 10.8 Å². The topological polar surface area (TPSA) is 30.0 Å². The minimum atomic E-state index is 0.108. The van der Waals surface area contributed by atoms with E-state index in [1.807, 2.05) is 6.92 Å². The molecule has 1 aromatic heterocycles. The summed E-state index contributed by atoms with van der Waals surface area (Å²) in [6.07, 6.45) is 2.94. The molecule has 1 heterocycles. The standard InChI is InChI=1S/C10H11BrClNO/c1-2-3-10(14)8-4-7(12)6-13-9(8)5-11/h4,6H,2-3,5H2,1H3. The average molecular weight is 277 g/mol. The second kappa shape index (κ2) is 5.47. The van der Waals surface area contributed by atoms with E-state index in [1.165, 1.54) is 0 Å². The first-order valence-corrected chi connectivity index (χ1v) is 5.92. The zero-order chi connectivity index (χ0) is 10.6. The first-order valence-electron chi connectivity index (χ1n) is 4.42. The zero-order valence-electron chi connectivity index (χ0n) is 7.89. The molecule has 0 bridgehead atoms. The van der Waals surface area contributed by atoms with Crippen molar-refractivity contribution in [3.05, 3.63) is 28.5 Å². The number of ketones is 1. The highest BCUT2D eigenvalue weighted by Gasteiger charge is 2.11. The lowest BCUT2D eigenvalue weighted by Gasteiger charge is -2.04. The van der Waals surface area contributed by atoms with E-state index in [1.54, 1.807) is 12.3 Å². The first-order chi connectivity index (χ1) is 6.69. The van der Waals surface area contributed by atoms with Crippen molar-refractivity contribution >= 4 is 33.3 Å². The summed E-state index contributed by atoms with van der Waals surface area (Å²) in [5, 5.41) is 1.09. The van der Waals surface area contributed by atoms with Crippen LogP contribution in [0.3, 0.4) is 0 Å². The van der Waals surface area contributed by atoms with Crippen LogP contribution in [0.1, 0.15) is 35.8 Å². The summed E-state index contributed by atoms with van der Waals surface area (Å²) in [5.74, 6) is 0.108. The third-order valence-corrected chi connectivity index (χ3v) is 2.58. The minimum Gasteiger partial charge on any atom is -0.294 e. The number of nitrogens with zero attached hydrogens (tertiary/aromatic N) is 1. The van der Waals surface area contributed by atoms with Gasteiger partial charge in [0.05, 0.1) is 10.7 Å². The Hall–Kier alpha value is -0.410. The van der Waals surface area contributed by atoms with Crippen molar-refractivity contribution in [1.29, 1.82) is 0 Å². The predicted octanol–water partition coefficient (Wildman–Crippen LogP) is 3.61. The molecule has 0 spiro atoms. The van der Waals surface area contributed by atoms with Crippen LogP contribution in [0.15, 0.2) is 12.3 Å². The molecule has 0 saturated heterocycles. The molecule has 2 nitrogen and oxygen atoms in total. The maximum atomic E-state index is 11.7. The van der Waals surface area contributed by atoms with Crippen LogP contribution >= 0.6 is 27.5 Å². The first kappa shape index (κ1) is 11.7. The molecule has 0 radical (unpaired) electrons. The van der Waals surface area contributed by atoms with Crippen molar-refractivity contribution in [2.24, 2.45) is 0 Å². The minimum absolute atomic E-state index is 0.108. The van der Waals surface area contributed by atoms with Gasteiger partial charge in [0.25, 0.3) is 0 Å². The Bertz CT molecular complexity index is 341. The summed E-state index contributed by atoms with van der Waals surface area (Å²) in [4.78, 5) is 15.8. The molecule has 0 aliphatic rings. The third-order valence-electron chi connectivity index (χ3n) is 1.84. The Kier molecular flexibility index (Phi) is 4.55. The van der Waals surface area contributed by atoms with E-state index in [-0.39, 0.29) is 5.78 Å². The zero-order valence-corrected chi connectivity index (χ0v) is 10.2. The molecule has 0 saturated carbocycles. The summed E-state index contributed by atoms with van der Waals surface area (Å²) >= 11 is 9.08.